The second-order valence-corrected chi connectivity index (χ2v) is 9.52. The molecule has 6 rings (SSSR count). The van der Waals surface area contributed by atoms with Gasteiger partial charge in [0.25, 0.3) is 11.5 Å². The maximum Gasteiger partial charge on any atom is 0.289 e. The number of fused-ring (bicyclic) bond motifs is 1. The monoisotopic (exact) mass is 455 g/mol. The lowest BCUT2D eigenvalue weighted by Gasteiger charge is -2.18. The lowest BCUT2D eigenvalue weighted by Crippen LogP contribution is -2.36. The van der Waals surface area contributed by atoms with E-state index in [-0.39, 0.29) is 29.4 Å². The van der Waals surface area contributed by atoms with Crippen molar-refractivity contribution in [1.29, 1.82) is 0 Å². The molecule has 2 saturated carbocycles. The van der Waals surface area contributed by atoms with Gasteiger partial charge in [-0.3, -0.25) is 14.2 Å². The Morgan fingerprint density at radius 1 is 1.12 bits per heavy atom. The molecule has 0 atom stereocenters. The van der Waals surface area contributed by atoms with Crippen molar-refractivity contribution in [3.8, 4) is 11.1 Å². The van der Waals surface area contributed by atoms with Crippen LogP contribution >= 0.6 is 0 Å². The van der Waals surface area contributed by atoms with Gasteiger partial charge in [0.05, 0.1) is 29.0 Å². The summed E-state index contributed by atoms with van der Waals surface area (Å²) in [6, 6.07) is 8.24. The van der Waals surface area contributed by atoms with E-state index in [1.807, 2.05) is 38.1 Å². The molecule has 1 N–H and O–H groups in total. The molecule has 9 nitrogen and oxygen atoms in total. The Labute approximate surface area is 195 Å². The highest BCUT2D eigenvalue weighted by Gasteiger charge is 2.46. The van der Waals surface area contributed by atoms with Gasteiger partial charge in [-0.05, 0) is 50.7 Å². The highest BCUT2D eigenvalue weighted by Crippen LogP contribution is 2.46. The SMILES string of the molecule is CC(C)n1ncc2cnc(C(=O)NC3(c4ccc(-c5cncn(C6CC6)c5=O)cc4)CC3)nc21. The molecule has 0 spiro atoms. The van der Waals surface area contributed by atoms with Crippen LogP contribution in [0.15, 0.2) is 54.0 Å². The van der Waals surface area contributed by atoms with Gasteiger partial charge in [-0.2, -0.15) is 5.10 Å². The first-order chi connectivity index (χ1) is 16.4. The van der Waals surface area contributed by atoms with Crippen molar-refractivity contribution in [3.63, 3.8) is 0 Å². The minimum Gasteiger partial charge on any atom is -0.340 e. The van der Waals surface area contributed by atoms with Crippen LogP contribution in [-0.2, 0) is 5.54 Å². The largest absolute Gasteiger partial charge is 0.340 e. The molecule has 0 saturated heterocycles. The van der Waals surface area contributed by atoms with E-state index in [9.17, 15) is 9.59 Å². The van der Waals surface area contributed by atoms with Crippen LogP contribution in [-0.4, -0.2) is 35.2 Å². The summed E-state index contributed by atoms with van der Waals surface area (Å²) in [6.07, 6.45) is 10.3. The zero-order valence-electron chi connectivity index (χ0n) is 19.1. The Balaban J connectivity index is 1.24. The molecule has 172 valence electrons. The normalized spacial score (nSPS) is 16.7. The molecule has 0 radical (unpaired) electrons. The molecule has 2 aliphatic carbocycles. The van der Waals surface area contributed by atoms with Gasteiger partial charge >= 0.3 is 0 Å². The molecule has 34 heavy (non-hydrogen) atoms. The molecule has 2 fully saturated rings. The second-order valence-electron chi connectivity index (χ2n) is 9.52. The molecule has 2 aliphatic rings. The summed E-state index contributed by atoms with van der Waals surface area (Å²) < 4.78 is 3.52. The molecule has 9 heteroatoms. The zero-order chi connectivity index (χ0) is 23.4. The number of hydrogen-bond acceptors (Lipinski definition) is 6. The van der Waals surface area contributed by atoms with Crippen LogP contribution in [0, 0.1) is 0 Å². The highest BCUT2D eigenvalue weighted by molar-refractivity contribution is 5.93. The summed E-state index contributed by atoms with van der Waals surface area (Å²) in [5, 5.41) is 8.28. The number of rotatable bonds is 6. The minimum atomic E-state index is -0.435. The fourth-order valence-corrected chi connectivity index (χ4v) is 4.41. The number of nitrogens with one attached hydrogen (secondary N) is 1. The van der Waals surface area contributed by atoms with Gasteiger partial charge in [-0.1, -0.05) is 24.3 Å². The molecular weight excluding hydrogens is 430 g/mol. The predicted molar refractivity (Wildman–Crippen MR) is 126 cm³/mol. The Bertz CT molecular complexity index is 1460. The highest BCUT2D eigenvalue weighted by atomic mass is 16.2. The van der Waals surface area contributed by atoms with E-state index in [0.29, 0.717) is 11.2 Å². The second kappa shape index (κ2) is 7.58. The van der Waals surface area contributed by atoms with E-state index in [0.717, 1.165) is 42.2 Å². The van der Waals surface area contributed by atoms with Gasteiger partial charge < -0.3 is 5.32 Å². The summed E-state index contributed by atoms with van der Waals surface area (Å²) in [7, 11) is 0. The molecule has 4 aromatic rings. The first-order valence-electron chi connectivity index (χ1n) is 11.6. The predicted octanol–water partition coefficient (Wildman–Crippen LogP) is 3.38. The third kappa shape index (κ3) is 3.48. The Kier molecular flexibility index (Phi) is 4.62. The van der Waals surface area contributed by atoms with Crippen molar-refractivity contribution in [1.82, 2.24) is 34.6 Å². The third-order valence-electron chi connectivity index (χ3n) is 6.68. The number of aromatic nitrogens is 6. The van der Waals surface area contributed by atoms with E-state index in [4.69, 9.17) is 0 Å². The van der Waals surface area contributed by atoms with Crippen molar-refractivity contribution in [2.24, 2.45) is 0 Å². The molecule has 1 amide bonds. The van der Waals surface area contributed by atoms with E-state index in [1.54, 1.807) is 34.2 Å². The minimum absolute atomic E-state index is 0.00660. The standard InChI is InChI=1S/C25H25N7O2/c1-15(2)32-22-17(12-28-32)11-27-21(29-22)23(33)30-25(9-10-25)18-5-3-16(4-6-18)20-13-26-14-31(24(20)34)19-7-8-19/h3-6,11-15,19H,7-10H2,1-2H3,(H,30,33). The van der Waals surface area contributed by atoms with Crippen LogP contribution in [0.25, 0.3) is 22.2 Å². The number of benzene rings is 1. The van der Waals surface area contributed by atoms with Crippen LogP contribution in [0.5, 0.6) is 0 Å². The maximum atomic E-state index is 13.0. The van der Waals surface area contributed by atoms with Crippen molar-refractivity contribution in [3.05, 3.63) is 70.9 Å². The van der Waals surface area contributed by atoms with Crippen LogP contribution in [0.4, 0.5) is 0 Å². The molecule has 0 aliphatic heterocycles. The van der Waals surface area contributed by atoms with Gasteiger partial charge in [0.1, 0.15) is 0 Å². The van der Waals surface area contributed by atoms with Gasteiger partial charge in [0, 0.05) is 24.5 Å². The number of carbonyl (C=O) groups is 1. The van der Waals surface area contributed by atoms with Crippen LogP contribution < -0.4 is 10.9 Å². The number of hydrogen-bond donors (Lipinski definition) is 1. The topological polar surface area (TPSA) is 108 Å². The average Bonchev–Trinajstić information content (AvgIpc) is 3.77. The number of carbonyl (C=O) groups excluding carboxylic acids is 1. The summed E-state index contributed by atoms with van der Waals surface area (Å²) in [6.45, 7) is 4.04. The average molecular weight is 456 g/mol. The first kappa shape index (κ1) is 20.7. The number of amides is 1. The third-order valence-corrected chi connectivity index (χ3v) is 6.68. The van der Waals surface area contributed by atoms with Gasteiger partial charge in [-0.15, -0.1) is 0 Å². The van der Waals surface area contributed by atoms with Crippen molar-refractivity contribution in [2.75, 3.05) is 0 Å². The van der Waals surface area contributed by atoms with Crippen molar-refractivity contribution < 1.29 is 4.79 Å². The Morgan fingerprint density at radius 3 is 2.56 bits per heavy atom. The molecule has 1 aromatic carbocycles. The summed E-state index contributed by atoms with van der Waals surface area (Å²) >= 11 is 0. The Morgan fingerprint density at radius 2 is 1.88 bits per heavy atom. The zero-order valence-corrected chi connectivity index (χ0v) is 19.1. The molecule has 3 aromatic heterocycles. The lowest BCUT2D eigenvalue weighted by atomic mass is 10.0. The smallest absolute Gasteiger partial charge is 0.289 e. The summed E-state index contributed by atoms with van der Waals surface area (Å²) in [5.74, 6) is -0.173. The van der Waals surface area contributed by atoms with Crippen molar-refractivity contribution in [2.45, 2.75) is 57.2 Å². The van der Waals surface area contributed by atoms with Crippen LogP contribution in [0.2, 0.25) is 0 Å². The fraction of sp³-hybridized carbons (Fsp3) is 0.360. The first-order valence-corrected chi connectivity index (χ1v) is 11.6. The molecule has 0 bridgehead atoms. The maximum absolute atomic E-state index is 13.0. The number of nitrogens with zero attached hydrogens (tertiary/aromatic N) is 6. The van der Waals surface area contributed by atoms with Crippen LogP contribution in [0.3, 0.4) is 0 Å². The van der Waals surface area contributed by atoms with E-state index in [1.165, 1.54) is 0 Å². The van der Waals surface area contributed by atoms with Gasteiger partial charge in [0.2, 0.25) is 5.82 Å². The Hall–Kier alpha value is -3.88. The summed E-state index contributed by atoms with van der Waals surface area (Å²) in [4.78, 5) is 38.9. The van der Waals surface area contributed by atoms with Gasteiger partial charge in [-0.25, -0.2) is 19.6 Å². The summed E-state index contributed by atoms with van der Waals surface area (Å²) in [5.41, 5.74) is 2.64. The van der Waals surface area contributed by atoms with E-state index < -0.39 is 5.54 Å². The van der Waals surface area contributed by atoms with E-state index in [2.05, 4.69) is 25.4 Å². The molecular formula is C25H25N7O2. The van der Waals surface area contributed by atoms with Crippen LogP contribution in [0.1, 0.15) is 67.8 Å². The molecule has 0 unspecified atom stereocenters. The lowest BCUT2D eigenvalue weighted by molar-refractivity contribution is 0.0920. The molecule has 3 heterocycles. The quantitative estimate of drug-likeness (QED) is 0.478. The van der Waals surface area contributed by atoms with E-state index >= 15 is 0 Å². The van der Waals surface area contributed by atoms with Gasteiger partial charge in [0.15, 0.2) is 5.65 Å². The van der Waals surface area contributed by atoms with Crippen molar-refractivity contribution >= 4 is 16.9 Å². The fourth-order valence-electron chi connectivity index (χ4n) is 4.41.